The highest BCUT2D eigenvalue weighted by molar-refractivity contribution is 5.79. The number of hydrogen-bond donors (Lipinski definition) is 2. The Hall–Kier alpha value is -1.12. The van der Waals surface area contributed by atoms with Crippen LogP contribution in [0.2, 0.25) is 0 Å². The number of carbonyl (C=O) groups excluding carboxylic acids is 1. The van der Waals surface area contributed by atoms with Crippen molar-refractivity contribution in [2.45, 2.75) is 57.1 Å². The van der Waals surface area contributed by atoms with Crippen molar-refractivity contribution in [1.82, 2.24) is 10.2 Å². The monoisotopic (exact) mass is 279 g/mol. The molecule has 2 unspecified atom stereocenters. The van der Waals surface area contributed by atoms with Gasteiger partial charge in [0, 0.05) is 6.54 Å². The molecule has 0 spiro atoms. The molecule has 2 atom stereocenters. The molecule has 1 heterocycles. The average Bonchev–Trinajstić information content (AvgIpc) is 3.19. The smallest absolute Gasteiger partial charge is 0.235 e. The van der Waals surface area contributed by atoms with Crippen LogP contribution in [0.3, 0.4) is 0 Å². The van der Waals surface area contributed by atoms with Crippen molar-refractivity contribution in [3.05, 3.63) is 0 Å². The van der Waals surface area contributed by atoms with Gasteiger partial charge < -0.3 is 10.4 Å². The second-order valence-corrected chi connectivity index (χ2v) is 6.76. The Labute approximate surface area is 120 Å². The molecule has 2 N–H and O–H groups in total. The molecule has 0 bridgehead atoms. The van der Waals surface area contributed by atoms with Crippen molar-refractivity contribution in [3.8, 4) is 6.07 Å². The molecule has 1 amide bonds. The van der Waals surface area contributed by atoms with Crippen molar-refractivity contribution in [2.24, 2.45) is 5.92 Å². The lowest BCUT2D eigenvalue weighted by Gasteiger charge is -2.26. The molecule has 20 heavy (non-hydrogen) atoms. The molecule has 2 fully saturated rings. The van der Waals surface area contributed by atoms with Gasteiger partial charge in [-0.25, -0.2) is 0 Å². The Balaban J connectivity index is 1.84. The van der Waals surface area contributed by atoms with Crippen LogP contribution in [0.5, 0.6) is 0 Å². The van der Waals surface area contributed by atoms with E-state index in [1.54, 1.807) is 0 Å². The Bertz CT molecular complexity index is 412. The molecule has 1 saturated carbocycles. The molecule has 0 aromatic carbocycles. The standard InChI is InChI=1S/C15H25N3O2/c1-14(20)6-3-8-18(9-7-14)10-13(19)17-15(2,11-16)12-4-5-12/h12,20H,3-10H2,1-2H3,(H,17,19). The summed E-state index contributed by atoms with van der Waals surface area (Å²) in [5.41, 5.74) is -1.32. The zero-order valence-corrected chi connectivity index (χ0v) is 12.5. The van der Waals surface area contributed by atoms with Crippen molar-refractivity contribution < 1.29 is 9.90 Å². The fourth-order valence-electron chi connectivity index (χ4n) is 2.89. The minimum Gasteiger partial charge on any atom is -0.390 e. The lowest BCUT2D eigenvalue weighted by atomic mass is 9.98. The van der Waals surface area contributed by atoms with Crippen molar-refractivity contribution >= 4 is 5.91 Å². The van der Waals surface area contributed by atoms with E-state index in [0.717, 1.165) is 38.8 Å². The number of nitrogens with one attached hydrogen (secondary N) is 1. The van der Waals surface area contributed by atoms with Gasteiger partial charge in [-0.05, 0) is 58.4 Å². The SMILES string of the molecule is CC1(O)CCCN(CC(=O)NC(C)(C#N)C2CC2)CC1. The first kappa shape index (κ1) is 15.3. The fourth-order valence-corrected chi connectivity index (χ4v) is 2.89. The van der Waals surface area contributed by atoms with E-state index in [1.807, 2.05) is 13.8 Å². The number of carbonyl (C=O) groups is 1. The topological polar surface area (TPSA) is 76.4 Å². The first-order valence-electron chi connectivity index (χ1n) is 7.52. The first-order valence-corrected chi connectivity index (χ1v) is 7.52. The summed E-state index contributed by atoms with van der Waals surface area (Å²) in [6, 6.07) is 2.24. The minimum absolute atomic E-state index is 0.0810. The molecule has 0 radical (unpaired) electrons. The van der Waals surface area contributed by atoms with Crippen LogP contribution >= 0.6 is 0 Å². The van der Waals surface area contributed by atoms with Gasteiger partial charge in [-0.15, -0.1) is 0 Å². The van der Waals surface area contributed by atoms with E-state index >= 15 is 0 Å². The molecular formula is C15H25N3O2. The molecule has 2 aliphatic rings. The normalized spacial score (nSPS) is 30.9. The Morgan fingerprint density at radius 2 is 2.20 bits per heavy atom. The van der Waals surface area contributed by atoms with Crippen LogP contribution in [0.15, 0.2) is 0 Å². The Morgan fingerprint density at radius 3 is 2.80 bits per heavy atom. The molecule has 1 aliphatic carbocycles. The summed E-state index contributed by atoms with van der Waals surface area (Å²) >= 11 is 0. The first-order chi connectivity index (χ1) is 9.35. The van der Waals surface area contributed by atoms with E-state index in [4.69, 9.17) is 0 Å². The van der Waals surface area contributed by atoms with E-state index in [2.05, 4.69) is 16.3 Å². The highest BCUT2D eigenvalue weighted by Gasteiger charge is 2.43. The maximum absolute atomic E-state index is 12.1. The third-order valence-electron chi connectivity index (χ3n) is 4.55. The summed E-state index contributed by atoms with van der Waals surface area (Å²) in [5.74, 6) is 0.226. The second-order valence-electron chi connectivity index (χ2n) is 6.76. The van der Waals surface area contributed by atoms with Gasteiger partial charge in [-0.2, -0.15) is 5.26 Å². The van der Waals surface area contributed by atoms with Gasteiger partial charge >= 0.3 is 0 Å². The number of aliphatic hydroxyl groups is 1. The summed E-state index contributed by atoms with van der Waals surface area (Å²) in [6.45, 7) is 5.55. The number of nitrogens with zero attached hydrogens (tertiary/aromatic N) is 2. The predicted molar refractivity (Wildman–Crippen MR) is 75.8 cm³/mol. The zero-order valence-electron chi connectivity index (χ0n) is 12.5. The maximum atomic E-state index is 12.1. The van der Waals surface area contributed by atoms with Crippen LogP contribution in [-0.4, -0.2) is 46.7 Å². The maximum Gasteiger partial charge on any atom is 0.235 e. The highest BCUT2D eigenvalue weighted by Crippen LogP contribution is 2.39. The number of hydrogen-bond acceptors (Lipinski definition) is 4. The summed E-state index contributed by atoms with van der Waals surface area (Å²) in [5, 5.41) is 22.2. The van der Waals surface area contributed by atoms with Crippen LogP contribution < -0.4 is 5.32 Å². The van der Waals surface area contributed by atoms with Gasteiger partial charge in [0.15, 0.2) is 0 Å². The minimum atomic E-state index is -0.714. The molecule has 5 nitrogen and oxygen atoms in total. The molecule has 1 saturated heterocycles. The van der Waals surface area contributed by atoms with E-state index in [9.17, 15) is 15.2 Å². The van der Waals surface area contributed by atoms with Gasteiger partial charge in [0.2, 0.25) is 5.91 Å². The van der Waals surface area contributed by atoms with E-state index < -0.39 is 11.1 Å². The lowest BCUT2D eigenvalue weighted by Crippen LogP contribution is -2.50. The van der Waals surface area contributed by atoms with Crippen LogP contribution in [0.25, 0.3) is 0 Å². The largest absolute Gasteiger partial charge is 0.390 e. The number of rotatable bonds is 4. The molecule has 2 rings (SSSR count). The predicted octanol–water partition coefficient (Wildman–Crippen LogP) is 1.03. The van der Waals surface area contributed by atoms with E-state index in [0.29, 0.717) is 18.9 Å². The number of amides is 1. The van der Waals surface area contributed by atoms with Gasteiger partial charge in [-0.1, -0.05) is 0 Å². The molecule has 0 aromatic rings. The fraction of sp³-hybridized carbons (Fsp3) is 0.867. The summed E-state index contributed by atoms with van der Waals surface area (Å²) in [7, 11) is 0. The second kappa shape index (κ2) is 5.71. The lowest BCUT2D eigenvalue weighted by molar-refractivity contribution is -0.123. The zero-order chi connectivity index (χ0) is 14.8. The molecule has 0 aromatic heterocycles. The summed E-state index contributed by atoms with van der Waals surface area (Å²) < 4.78 is 0. The van der Waals surface area contributed by atoms with Crippen molar-refractivity contribution in [1.29, 1.82) is 5.26 Å². The quantitative estimate of drug-likeness (QED) is 0.806. The third kappa shape index (κ3) is 3.94. The molecule has 112 valence electrons. The summed E-state index contributed by atoms with van der Waals surface area (Å²) in [6.07, 6.45) is 4.42. The van der Waals surface area contributed by atoms with E-state index in [1.165, 1.54) is 0 Å². The summed E-state index contributed by atoms with van der Waals surface area (Å²) in [4.78, 5) is 14.2. The van der Waals surface area contributed by atoms with Gasteiger partial charge in [0.05, 0.1) is 18.2 Å². The Morgan fingerprint density at radius 1 is 1.50 bits per heavy atom. The Kier molecular flexibility index (Phi) is 4.36. The molecule has 5 heteroatoms. The van der Waals surface area contributed by atoms with Gasteiger partial charge in [-0.3, -0.25) is 9.69 Å². The van der Waals surface area contributed by atoms with E-state index in [-0.39, 0.29) is 5.91 Å². The van der Waals surface area contributed by atoms with Crippen molar-refractivity contribution in [3.63, 3.8) is 0 Å². The highest BCUT2D eigenvalue weighted by atomic mass is 16.3. The molecular weight excluding hydrogens is 254 g/mol. The van der Waals surface area contributed by atoms with Gasteiger partial charge in [0.25, 0.3) is 0 Å². The van der Waals surface area contributed by atoms with Crippen LogP contribution in [-0.2, 0) is 4.79 Å². The van der Waals surface area contributed by atoms with Crippen LogP contribution in [0.4, 0.5) is 0 Å². The average molecular weight is 279 g/mol. The number of likely N-dealkylation sites (tertiary alicyclic amines) is 1. The van der Waals surface area contributed by atoms with Crippen LogP contribution in [0, 0.1) is 17.2 Å². The van der Waals surface area contributed by atoms with Gasteiger partial charge in [0.1, 0.15) is 5.54 Å². The molecule has 1 aliphatic heterocycles. The van der Waals surface area contributed by atoms with Crippen molar-refractivity contribution in [2.75, 3.05) is 19.6 Å². The van der Waals surface area contributed by atoms with Crippen LogP contribution in [0.1, 0.15) is 46.0 Å². The third-order valence-corrected chi connectivity index (χ3v) is 4.55. The number of nitriles is 1.